The largest absolute Gasteiger partial charge is 0.445 e. The molecule has 1 aliphatic heterocycles. The third kappa shape index (κ3) is 5.53. The average Bonchev–Trinajstić information content (AvgIpc) is 3.10. The molecule has 1 aromatic heterocycles. The van der Waals surface area contributed by atoms with E-state index < -0.39 is 17.6 Å². The Balaban J connectivity index is 1.40. The molecule has 1 aromatic carbocycles. The van der Waals surface area contributed by atoms with E-state index in [1.54, 1.807) is 23.1 Å². The van der Waals surface area contributed by atoms with Gasteiger partial charge in [-0.25, -0.2) is 4.79 Å². The summed E-state index contributed by atoms with van der Waals surface area (Å²) in [7, 11) is 0. The van der Waals surface area contributed by atoms with E-state index in [9.17, 15) is 14.4 Å². The van der Waals surface area contributed by atoms with Crippen LogP contribution in [0.4, 0.5) is 4.79 Å². The molecule has 0 bridgehead atoms. The second kappa shape index (κ2) is 9.16. The lowest BCUT2D eigenvalue weighted by atomic mass is 9.97. The second-order valence-electron chi connectivity index (χ2n) is 6.55. The number of benzene rings is 1. The summed E-state index contributed by atoms with van der Waals surface area (Å²) >= 11 is 11.9. The van der Waals surface area contributed by atoms with Gasteiger partial charge >= 0.3 is 6.09 Å². The van der Waals surface area contributed by atoms with Crippen LogP contribution in [0.3, 0.4) is 0 Å². The van der Waals surface area contributed by atoms with Gasteiger partial charge in [-0.1, -0.05) is 23.2 Å². The van der Waals surface area contributed by atoms with Gasteiger partial charge in [0.15, 0.2) is 0 Å². The Labute approximate surface area is 170 Å². The Morgan fingerprint density at radius 3 is 2.46 bits per heavy atom. The standard InChI is InChI=1S/C18H19Cl2N3O5/c19-13-5-12(6-14(20)7-13)10-27-18(26)23-3-1-11(2-4-23)9-21-17(25)15-8-16(24)22-28-15/h5-8,11H,1-4,9-10H2,(H,21,25)(H,22,24). The Morgan fingerprint density at radius 2 is 1.86 bits per heavy atom. The van der Waals surface area contributed by atoms with Gasteiger partial charge < -0.3 is 19.5 Å². The van der Waals surface area contributed by atoms with Crippen LogP contribution in [0.2, 0.25) is 10.0 Å². The maximum absolute atomic E-state index is 12.2. The van der Waals surface area contributed by atoms with E-state index in [-0.39, 0.29) is 18.3 Å². The number of nitrogens with zero attached hydrogens (tertiary/aromatic N) is 1. The Kier molecular flexibility index (Phi) is 6.64. The van der Waals surface area contributed by atoms with Crippen molar-refractivity contribution in [2.24, 2.45) is 5.92 Å². The van der Waals surface area contributed by atoms with Gasteiger partial charge in [0, 0.05) is 29.7 Å². The first-order valence-electron chi connectivity index (χ1n) is 8.74. The molecule has 1 saturated heterocycles. The molecule has 3 rings (SSSR count). The number of ether oxygens (including phenoxy) is 1. The van der Waals surface area contributed by atoms with Gasteiger partial charge in [0.25, 0.3) is 11.5 Å². The van der Waals surface area contributed by atoms with Crippen molar-refractivity contribution in [2.75, 3.05) is 19.6 Å². The number of aromatic nitrogens is 1. The molecule has 10 heteroatoms. The molecule has 0 spiro atoms. The van der Waals surface area contributed by atoms with Crippen molar-refractivity contribution in [2.45, 2.75) is 19.4 Å². The zero-order valence-electron chi connectivity index (χ0n) is 14.9. The number of carbonyl (C=O) groups excluding carboxylic acids is 2. The fraction of sp³-hybridized carbons (Fsp3) is 0.389. The third-order valence-corrected chi connectivity index (χ3v) is 4.89. The number of likely N-dealkylation sites (tertiary alicyclic amines) is 1. The molecular weight excluding hydrogens is 409 g/mol. The summed E-state index contributed by atoms with van der Waals surface area (Å²) in [5.74, 6) is -0.266. The van der Waals surface area contributed by atoms with Crippen LogP contribution >= 0.6 is 23.2 Å². The summed E-state index contributed by atoms with van der Waals surface area (Å²) in [5, 5.41) is 5.78. The van der Waals surface area contributed by atoms with Gasteiger partial charge in [-0.15, -0.1) is 0 Å². The minimum absolute atomic E-state index is 0.0490. The SMILES string of the molecule is O=C(NCC1CCN(C(=O)OCc2cc(Cl)cc(Cl)c2)CC1)c1cc(=O)[nH]o1. The van der Waals surface area contributed by atoms with Gasteiger partial charge in [0.05, 0.1) is 6.07 Å². The fourth-order valence-corrected chi connectivity index (χ4v) is 3.54. The van der Waals surface area contributed by atoms with Crippen LogP contribution < -0.4 is 10.9 Å². The van der Waals surface area contributed by atoms with E-state index in [1.165, 1.54) is 0 Å². The molecule has 2 amide bonds. The number of aromatic amines is 1. The Morgan fingerprint density at radius 1 is 1.18 bits per heavy atom. The van der Waals surface area contributed by atoms with Crippen molar-refractivity contribution in [1.29, 1.82) is 0 Å². The predicted molar refractivity (Wildman–Crippen MR) is 103 cm³/mol. The van der Waals surface area contributed by atoms with E-state index in [0.29, 0.717) is 29.7 Å². The van der Waals surface area contributed by atoms with Crippen LogP contribution in [0.5, 0.6) is 0 Å². The van der Waals surface area contributed by atoms with Crippen LogP contribution in [0, 0.1) is 5.92 Å². The van der Waals surface area contributed by atoms with Crippen molar-refractivity contribution in [3.63, 3.8) is 0 Å². The lowest BCUT2D eigenvalue weighted by Crippen LogP contribution is -2.41. The van der Waals surface area contributed by atoms with E-state index in [1.807, 2.05) is 0 Å². The van der Waals surface area contributed by atoms with E-state index in [0.717, 1.165) is 24.5 Å². The fourth-order valence-electron chi connectivity index (χ4n) is 2.97. The summed E-state index contributed by atoms with van der Waals surface area (Å²) < 4.78 is 10.1. The summed E-state index contributed by atoms with van der Waals surface area (Å²) in [6.07, 6.45) is 1.07. The summed E-state index contributed by atoms with van der Waals surface area (Å²) in [6, 6.07) is 6.10. The second-order valence-corrected chi connectivity index (χ2v) is 7.42. The molecular formula is C18H19Cl2N3O5. The topological polar surface area (TPSA) is 105 Å². The molecule has 0 aliphatic carbocycles. The van der Waals surface area contributed by atoms with Gasteiger partial charge in [-0.05, 0) is 42.5 Å². The molecule has 2 heterocycles. The zero-order chi connectivity index (χ0) is 20.1. The highest BCUT2D eigenvalue weighted by Gasteiger charge is 2.24. The molecule has 0 radical (unpaired) electrons. The van der Waals surface area contributed by atoms with Crippen molar-refractivity contribution in [3.8, 4) is 0 Å². The molecule has 8 nitrogen and oxygen atoms in total. The lowest BCUT2D eigenvalue weighted by Gasteiger charge is -2.31. The maximum Gasteiger partial charge on any atom is 0.410 e. The first kappa shape index (κ1) is 20.3. The molecule has 0 saturated carbocycles. The van der Waals surface area contributed by atoms with Crippen molar-refractivity contribution in [1.82, 2.24) is 15.4 Å². The monoisotopic (exact) mass is 427 g/mol. The number of halogens is 2. The molecule has 2 aromatic rings. The number of hydrogen-bond donors (Lipinski definition) is 2. The van der Waals surface area contributed by atoms with Crippen LogP contribution in [0.1, 0.15) is 29.0 Å². The minimum atomic E-state index is -0.461. The molecule has 0 atom stereocenters. The van der Waals surface area contributed by atoms with Crippen LogP contribution in [-0.2, 0) is 11.3 Å². The maximum atomic E-state index is 12.2. The van der Waals surface area contributed by atoms with Crippen molar-refractivity contribution < 1.29 is 18.8 Å². The van der Waals surface area contributed by atoms with Crippen molar-refractivity contribution in [3.05, 3.63) is 56.0 Å². The first-order valence-corrected chi connectivity index (χ1v) is 9.49. The van der Waals surface area contributed by atoms with Crippen LogP contribution in [0.15, 0.2) is 33.6 Å². The summed E-state index contributed by atoms with van der Waals surface area (Å²) in [6.45, 7) is 1.61. The number of H-pyrrole nitrogens is 1. The van der Waals surface area contributed by atoms with E-state index >= 15 is 0 Å². The molecule has 28 heavy (non-hydrogen) atoms. The van der Waals surface area contributed by atoms with Gasteiger partial charge in [0.2, 0.25) is 5.76 Å². The van der Waals surface area contributed by atoms with Crippen LogP contribution in [-0.4, -0.2) is 41.7 Å². The number of rotatable bonds is 5. The number of piperidine rings is 1. The number of carbonyl (C=O) groups is 2. The smallest absolute Gasteiger partial charge is 0.410 e. The third-order valence-electron chi connectivity index (χ3n) is 4.46. The van der Waals surface area contributed by atoms with E-state index in [2.05, 4.69) is 10.5 Å². The first-order chi connectivity index (χ1) is 13.4. The zero-order valence-corrected chi connectivity index (χ0v) is 16.4. The highest BCUT2D eigenvalue weighted by atomic mass is 35.5. The summed E-state index contributed by atoms with van der Waals surface area (Å²) in [4.78, 5) is 36.7. The number of hydrogen-bond acceptors (Lipinski definition) is 5. The highest BCUT2D eigenvalue weighted by Crippen LogP contribution is 2.21. The normalized spacial score (nSPS) is 14.7. The number of nitrogens with one attached hydrogen (secondary N) is 2. The highest BCUT2D eigenvalue weighted by molar-refractivity contribution is 6.34. The Bertz CT molecular complexity index is 882. The van der Waals surface area contributed by atoms with Gasteiger partial charge in [-0.2, -0.15) is 5.16 Å². The van der Waals surface area contributed by atoms with E-state index in [4.69, 9.17) is 32.5 Å². The molecule has 150 valence electrons. The number of amides is 2. The molecule has 1 aliphatic rings. The Hall–Kier alpha value is -2.45. The van der Waals surface area contributed by atoms with Crippen LogP contribution in [0.25, 0.3) is 0 Å². The lowest BCUT2D eigenvalue weighted by molar-refractivity contribution is 0.0793. The van der Waals surface area contributed by atoms with Crippen molar-refractivity contribution >= 4 is 35.2 Å². The quantitative estimate of drug-likeness (QED) is 0.762. The average molecular weight is 428 g/mol. The minimum Gasteiger partial charge on any atom is -0.445 e. The molecule has 1 fully saturated rings. The molecule has 0 unspecified atom stereocenters. The molecule has 2 N–H and O–H groups in total. The summed E-state index contributed by atoms with van der Waals surface area (Å²) in [5.41, 5.74) is 0.261. The van der Waals surface area contributed by atoms with Gasteiger partial charge in [-0.3, -0.25) is 9.59 Å². The van der Waals surface area contributed by atoms with Gasteiger partial charge in [0.1, 0.15) is 6.61 Å². The predicted octanol–water partition coefficient (Wildman–Crippen LogP) is 3.05.